The second-order valence-corrected chi connectivity index (χ2v) is 8.10. The first-order chi connectivity index (χ1) is 13.4. The van der Waals surface area contributed by atoms with Gasteiger partial charge in [-0.3, -0.25) is 22.8 Å². The Kier molecular flexibility index (Phi) is 16.2. The number of hydrogen-bond acceptors (Lipinski definition) is 3. The summed E-state index contributed by atoms with van der Waals surface area (Å²) in [5.74, 6) is 0.390. The van der Waals surface area contributed by atoms with Gasteiger partial charge in [-0.2, -0.15) is 12.8 Å². The van der Waals surface area contributed by atoms with Gasteiger partial charge >= 0.3 is 51.4 Å². The van der Waals surface area contributed by atoms with E-state index < -0.39 is 0 Å². The van der Waals surface area contributed by atoms with E-state index in [1.165, 1.54) is 4.91 Å². The summed E-state index contributed by atoms with van der Waals surface area (Å²) in [4.78, 5) is 23.6. The normalized spacial score (nSPS) is 14.9. The van der Waals surface area contributed by atoms with E-state index in [1.807, 2.05) is 32.3 Å². The van der Waals surface area contributed by atoms with E-state index >= 15 is 0 Å². The van der Waals surface area contributed by atoms with Crippen LogP contribution in [0.25, 0.3) is 0 Å². The summed E-state index contributed by atoms with van der Waals surface area (Å²) in [6, 6.07) is 5.45. The molecule has 0 radical (unpaired) electrons. The zero-order valence-corrected chi connectivity index (χ0v) is 22.4. The maximum atomic E-state index is 12.2. The van der Waals surface area contributed by atoms with Crippen molar-refractivity contribution in [2.75, 3.05) is 0 Å². The third kappa shape index (κ3) is 11.0. The van der Waals surface area contributed by atoms with Gasteiger partial charge in [0.05, 0.1) is 5.03 Å². The summed E-state index contributed by atoms with van der Waals surface area (Å²) in [6.45, 7) is 11.8. The molecule has 1 N–H and O–H groups in total. The molecule has 1 aromatic rings. The minimum absolute atomic E-state index is 0. The van der Waals surface area contributed by atoms with E-state index in [0.29, 0.717) is 5.56 Å². The quantitative estimate of drug-likeness (QED) is 0.550. The van der Waals surface area contributed by atoms with Crippen LogP contribution in [0.5, 0.6) is 0 Å². The van der Waals surface area contributed by atoms with Crippen molar-refractivity contribution in [2.24, 2.45) is 5.92 Å². The summed E-state index contributed by atoms with van der Waals surface area (Å²) in [5, 5.41) is 4.06. The Morgan fingerprint density at radius 3 is 2.55 bits per heavy atom. The Hall–Kier alpha value is -0.304. The largest absolute Gasteiger partial charge is 1.00 e. The molecule has 0 atom stereocenters. The molecular formula is C24H32KNO2S-2. The van der Waals surface area contributed by atoms with Crippen LogP contribution < -0.4 is 56.7 Å². The van der Waals surface area contributed by atoms with Gasteiger partial charge in [0.25, 0.3) is 0 Å². The molecule has 29 heavy (non-hydrogen) atoms. The van der Waals surface area contributed by atoms with Crippen molar-refractivity contribution in [1.29, 1.82) is 0 Å². The Labute approximate surface area is 224 Å². The molecule has 0 aromatic heterocycles. The van der Waals surface area contributed by atoms with Gasteiger partial charge in [-0.1, -0.05) is 50.6 Å². The predicted molar refractivity (Wildman–Crippen MR) is 120 cm³/mol. The second kappa shape index (κ2) is 16.4. The molecule has 1 saturated carbocycles. The van der Waals surface area contributed by atoms with Gasteiger partial charge < -0.3 is 16.5 Å². The van der Waals surface area contributed by atoms with E-state index in [0.717, 1.165) is 48.3 Å². The molecule has 3 nitrogen and oxygen atoms in total. The Morgan fingerprint density at radius 1 is 1.38 bits per heavy atom. The summed E-state index contributed by atoms with van der Waals surface area (Å²) in [5.41, 5.74) is 2.36. The van der Waals surface area contributed by atoms with E-state index in [4.69, 9.17) is 0 Å². The van der Waals surface area contributed by atoms with Gasteiger partial charge in [-0.15, -0.1) is 12.1 Å². The van der Waals surface area contributed by atoms with Crippen LogP contribution in [0, 0.1) is 26.2 Å². The van der Waals surface area contributed by atoms with Crippen LogP contribution >= 0.6 is 11.8 Å². The molecule has 2 rings (SSSR count). The van der Waals surface area contributed by atoms with Crippen molar-refractivity contribution in [3.63, 3.8) is 0 Å². The Balaban J connectivity index is 0.000000606. The molecule has 1 aromatic carbocycles. The molecule has 0 bridgehead atoms. The first-order valence-corrected chi connectivity index (χ1v) is 10.7. The molecule has 1 aliphatic carbocycles. The molecule has 1 amide bonds. The molecule has 0 saturated heterocycles. The van der Waals surface area contributed by atoms with E-state index in [2.05, 4.69) is 44.7 Å². The van der Waals surface area contributed by atoms with Crippen molar-refractivity contribution in [3.05, 3.63) is 70.3 Å². The summed E-state index contributed by atoms with van der Waals surface area (Å²) >= 11 is 1.64. The fourth-order valence-corrected chi connectivity index (χ4v) is 3.61. The molecule has 0 spiro atoms. The van der Waals surface area contributed by atoms with Crippen molar-refractivity contribution in [3.8, 4) is 0 Å². The molecular weight excluding hydrogens is 405 g/mol. The average molecular weight is 438 g/mol. The zero-order chi connectivity index (χ0) is 20.9. The number of carbonyl (C=O) groups is 1. The first kappa shape index (κ1) is 28.7. The molecule has 0 unspecified atom stereocenters. The maximum absolute atomic E-state index is 12.2. The summed E-state index contributed by atoms with van der Waals surface area (Å²) in [6.07, 6.45) is 13.4. The number of hydrogen-bond donors (Lipinski definition) is 1. The second-order valence-electron chi connectivity index (χ2n) is 6.81. The van der Waals surface area contributed by atoms with Gasteiger partial charge in [-0.25, -0.2) is 11.6 Å². The topological polar surface area (TPSA) is 46.2 Å². The Morgan fingerprint density at radius 2 is 2.03 bits per heavy atom. The molecule has 1 fully saturated rings. The van der Waals surface area contributed by atoms with Crippen LogP contribution in [-0.4, -0.2) is 12.2 Å². The van der Waals surface area contributed by atoms with E-state index in [-0.39, 0.29) is 63.2 Å². The third-order valence-corrected chi connectivity index (χ3v) is 5.69. The fourth-order valence-electron chi connectivity index (χ4n) is 2.75. The van der Waals surface area contributed by atoms with Crippen molar-refractivity contribution in [2.45, 2.75) is 59.8 Å². The van der Waals surface area contributed by atoms with Crippen LogP contribution in [0.2, 0.25) is 0 Å². The van der Waals surface area contributed by atoms with Crippen molar-refractivity contribution in [1.82, 2.24) is 5.32 Å². The van der Waals surface area contributed by atoms with Gasteiger partial charge in [0.2, 0.25) is 5.91 Å². The van der Waals surface area contributed by atoms with Gasteiger partial charge in [0, 0.05) is 5.92 Å². The van der Waals surface area contributed by atoms with Gasteiger partial charge in [-0.05, 0) is 31.5 Å². The number of carbonyl (C=O) groups excluding carboxylic acids is 2. The van der Waals surface area contributed by atoms with Crippen LogP contribution in [0.15, 0.2) is 40.3 Å². The smallest absolute Gasteiger partial charge is 0.391 e. The van der Waals surface area contributed by atoms with Crippen LogP contribution in [0.3, 0.4) is 0 Å². The number of allylic oxidation sites excluding steroid dienone is 3. The molecule has 0 heterocycles. The molecule has 154 valence electrons. The first-order valence-electron chi connectivity index (χ1n) is 9.86. The van der Waals surface area contributed by atoms with Crippen LogP contribution in [0.1, 0.15) is 69.6 Å². The minimum Gasteiger partial charge on any atom is -0.391 e. The fraction of sp³-hybridized carbons (Fsp3) is 0.417. The van der Waals surface area contributed by atoms with Crippen LogP contribution in [-0.2, 0) is 9.59 Å². The Bertz CT molecular complexity index is 707. The van der Waals surface area contributed by atoms with Gasteiger partial charge in [0.1, 0.15) is 0 Å². The third-order valence-electron chi connectivity index (χ3n) is 4.64. The standard InChI is InChI=1S/C15H24NOS.C9H8O.K/c1-4-9-14(18-12(3)5-2)16-15(17)13-10-7-6-8-11-13;1-7-4-3-5-9(6-10)8(7)2;/h5-6,9,13H,4,7-8,10-11H2,1-3H3,(H,16,17);3-5H,2H2,1H3;/q-1;-2;+1/b12-5-,14-9+;;. The predicted octanol–water partition coefficient (Wildman–Crippen LogP) is 3.04. The van der Waals surface area contributed by atoms with Crippen molar-refractivity contribution < 1.29 is 61.0 Å². The molecule has 1 aliphatic rings. The van der Waals surface area contributed by atoms with Crippen molar-refractivity contribution >= 4 is 24.0 Å². The number of amides is 1. The molecule has 0 aliphatic heterocycles. The number of thioether (sulfide) groups is 1. The minimum atomic E-state index is 0. The number of benzene rings is 1. The summed E-state index contributed by atoms with van der Waals surface area (Å²) < 4.78 is 0. The van der Waals surface area contributed by atoms with Gasteiger partial charge in [0.15, 0.2) is 0 Å². The van der Waals surface area contributed by atoms with E-state index in [9.17, 15) is 9.59 Å². The zero-order valence-electron chi connectivity index (χ0n) is 18.5. The maximum Gasteiger partial charge on any atom is 1.00 e. The van der Waals surface area contributed by atoms with E-state index in [1.54, 1.807) is 17.8 Å². The number of aryl methyl sites for hydroxylation is 1. The summed E-state index contributed by atoms with van der Waals surface area (Å²) in [7, 11) is 0. The monoisotopic (exact) mass is 437 g/mol. The average Bonchev–Trinajstić information content (AvgIpc) is 2.71. The van der Waals surface area contributed by atoms with Crippen LogP contribution in [0.4, 0.5) is 0 Å². The number of rotatable bonds is 6. The molecule has 5 heteroatoms. The SMILES string of the molecule is C/C=C(/C)S/C(=C/CC)NC(=O)C1CC[CH-]CC1.[CH2-]c1c(C)cccc1[C-]=O.[K+]. The number of nitrogens with one attached hydrogen (secondary N) is 1.